The van der Waals surface area contributed by atoms with Crippen LogP contribution in [0.2, 0.25) is 0 Å². The third-order valence-electron chi connectivity index (χ3n) is 2.85. The molecule has 1 N–H and O–H groups in total. The number of carbonyl (C=O) groups excluding carboxylic acids is 1. The Balaban J connectivity index is 2.23. The summed E-state index contributed by atoms with van der Waals surface area (Å²) in [5.41, 5.74) is 0.309. The van der Waals surface area contributed by atoms with Crippen LogP contribution in [-0.2, 0) is 14.4 Å². The van der Waals surface area contributed by atoms with Crippen LogP contribution in [0.1, 0.15) is 39.5 Å². The van der Waals surface area contributed by atoms with Crippen molar-refractivity contribution in [1.82, 2.24) is 5.06 Å². The molecule has 0 atom stereocenters. The summed E-state index contributed by atoms with van der Waals surface area (Å²) in [5.74, 6) is -1.43. The fourth-order valence-electron chi connectivity index (χ4n) is 1.58. The zero-order valence-corrected chi connectivity index (χ0v) is 9.86. The maximum Gasteiger partial charge on any atom is 0.325 e. The number of hydrogen-bond acceptors (Lipinski definition) is 4. The van der Waals surface area contributed by atoms with Crippen molar-refractivity contribution in [1.29, 1.82) is 0 Å². The lowest BCUT2D eigenvalue weighted by molar-refractivity contribution is -0.199. The molecule has 0 bridgehead atoms. The third kappa shape index (κ3) is 4.61. The van der Waals surface area contributed by atoms with Crippen LogP contribution >= 0.6 is 0 Å². The summed E-state index contributed by atoms with van der Waals surface area (Å²) in [7, 11) is 0. The molecule has 0 spiro atoms. The smallest absolute Gasteiger partial charge is 0.325 e. The van der Waals surface area contributed by atoms with E-state index in [4.69, 9.17) is 9.94 Å². The fourth-order valence-corrected chi connectivity index (χ4v) is 1.58. The standard InChI is InChI=1S/C11H19NO4/c1-11(2)5-7-12(8-6-11)16-10(15)4-3-9(13)14/h3-8H2,1-2H3,(H,13,14). The van der Waals surface area contributed by atoms with Gasteiger partial charge < -0.3 is 9.94 Å². The van der Waals surface area contributed by atoms with Gasteiger partial charge in [0, 0.05) is 13.1 Å². The van der Waals surface area contributed by atoms with Gasteiger partial charge in [0.25, 0.3) is 0 Å². The van der Waals surface area contributed by atoms with Gasteiger partial charge in [0.2, 0.25) is 0 Å². The number of hydrogen-bond donors (Lipinski definition) is 1. The van der Waals surface area contributed by atoms with Crippen molar-refractivity contribution >= 4 is 11.9 Å². The summed E-state index contributed by atoms with van der Waals surface area (Å²) in [6.07, 6.45) is 1.74. The molecule has 1 fully saturated rings. The van der Waals surface area contributed by atoms with Gasteiger partial charge in [-0.1, -0.05) is 13.8 Å². The van der Waals surface area contributed by atoms with E-state index in [2.05, 4.69) is 13.8 Å². The van der Waals surface area contributed by atoms with Crippen molar-refractivity contribution in [2.24, 2.45) is 5.41 Å². The zero-order valence-electron chi connectivity index (χ0n) is 9.86. The second kappa shape index (κ2) is 5.30. The van der Waals surface area contributed by atoms with Crippen LogP contribution in [0.5, 0.6) is 0 Å². The fraction of sp³-hybridized carbons (Fsp3) is 0.818. The van der Waals surface area contributed by atoms with Crippen molar-refractivity contribution in [2.45, 2.75) is 39.5 Å². The average Bonchev–Trinajstić information content (AvgIpc) is 2.18. The number of carbonyl (C=O) groups is 2. The van der Waals surface area contributed by atoms with Crippen LogP contribution in [0.25, 0.3) is 0 Å². The van der Waals surface area contributed by atoms with E-state index in [9.17, 15) is 9.59 Å². The monoisotopic (exact) mass is 229 g/mol. The summed E-state index contributed by atoms with van der Waals surface area (Å²) < 4.78 is 0. The molecule has 0 radical (unpaired) electrons. The van der Waals surface area contributed by atoms with Gasteiger partial charge in [-0.05, 0) is 18.3 Å². The van der Waals surface area contributed by atoms with Gasteiger partial charge in [-0.3, -0.25) is 9.59 Å². The SMILES string of the molecule is CC1(C)CCN(OC(=O)CCC(=O)O)CC1. The first-order valence-electron chi connectivity index (χ1n) is 5.57. The van der Waals surface area contributed by atoms with Gasteiger partial charge in [-0.2, -0.15) is 0 Å². The largest absolute Gasteiger partial charge is 0.481 e. The second-order valence-corrected chi connectivity index (χ2v) is 4.95. The summed E-state index contributed by atoms with van der Waals surface area (Å²) in [6, 6.07) is 0. The Morgan fingerprint density at radius 2 is 1.81 bits per heavy atom. The number of nitrogens with zero attached hydrogens (tertiary/aromatic N) is 1. The molecular formula is C11H19NO4. The molecule has 1 aliphatic heterocycles. The summed E-state index contributed by atoms with van der Waals surface area (Å²) in [5, 5.41) is 10.0. The van der Waals surface area contributed by atoms with Crippen molar-refractivity contribution in [3.8, 4) is 0 Å². The number of aliphatic carboxylic acids is 1. The van der Waals surface area contributed by atoms with Crippen LogP contribution in [-0.4, -0.2) is 35.2 Å². The maximum atomic E-state index is 11.2. The Kier molecular flexibility index (Phi) is 4.29. The number of piperidine rings is 1. The van der Waals surface area contributed by atoms with Crippen LogP contribution in [0.15, 0.2) is 0 Å². The highest BCUT2D eigenvalue weighted by atomic mass is 16.7. The Labute approximate surface area is 95.3 Å². The minimum Gasteiger partial charge on any atom is -0.481 e. The predicted molar refractivity (Wildman–Crippen MR) is 57.5 cm³/mol. The lowest BCUT2D eigenvalue weighted by Gasteiger charge is -2.35. The minimum atomic E-state index is -0.975. The molecule has 92 valence electrons. The number of hydroxylamine groups is 2. The van der Waals surface area contributed by atoms with Crippen molar-refractivity contribution in [3.63, 3.8) is 0 Å². The van der Waals surface area contributed by atoms with Crippen molar-refractivity contribution in [2.75, 3.05) is 13.1 Å². The van der Waals surface area contributed by atoms with Gasteiger partial charge in [-0.15, -0.1) is 5.06 Å². The number of carboxylic acids is 1. The van der Waals surface area contributed by atoms with Crippen LogP contribution in [0, 0.1) is 5.41 Å². The molecule has 0 saturated carbocycles. The molecule has 0 amide bonds. The summed E-state index contributed by atoms with van der Waals surface area (Å²) >= 11 is 0. The van der Waals surface area contributed by atoms with Gasteiger partial charge in [0.05, 0.1) is 12.8 Å². The highest BCUT2D eigenvalue weighted by Crippen LogP contribution is 2.29. The Morgan fingerprint density at radius 1 is 1.25 bits per heavy atom. The lowest BCUT2D eigenvalue weighted by atomic mass is 9.83. The molecule has 0 aromatic heterocycles. The molecule has 0 aliphatic carbocycles. The molecule has 1 rings (SSSR count). The first kappa shape index (κ1) is 13.0. The minimum absolute atomic E-state index is 0.0603. The van der Waals surface area contributed by atoms with E-state index < -0.39 is 11.9 Å². The highest BCUT2D eigenvalue weighted by Gasteiger charge is 2.27. The second-order valence-electron chi connectivity index (χ2n) is 4.95. The van der Waals surface area contributed by atoms with E-state index in [1.54, 1.807) is 5.06 Å². The van der Waals surface area contributed by atoms with Crippen LogP contribution in [0.4, 0.5) is 0 Å². The maximum absolute atomic E-state index is 11.2. The van der Waals surface area contributed by atoms with Crippen LogP contribution in [0.3, 0.4) is 0 Å². The summed E-state index contributed by atoms with van der Waals surface area (Å²) in [4.78, 5) is 26.6. The zero-order chi connectivity index (χ0) is 12.2. The quantitative estimate of drug-likeness (QED) is 0.790. The first-order valence-corrected chi connectivity index (χ1v) is 5.57. The van der Waals surface area contributed by atoms with Gasteiger partial charge in [-0.25, -0.2) is 0 Å². The van der Waals surface area contributed by atoms with Crippen molar-refractivity contribution in [3.05, 3.63) is 0 Å². The summed E-state index contributed by atoms with van der Waals surface area (Å²) in [6.45, 7) is 5.84. The van der Waals surface area contributed by atoms with Crippen LogP contribution < -0.4 is 0 Å². The average molecular weight is 229 g/mol. The Bertz CT molecular complexity index is 265. The molecule has 16 heavy (non-hydrogen) atoms. The van der Waals surface area contributed by atoms with E-state index in [-0.39, 0.29) is 12.8 Å². The number of rotatable bonds is 4. The normalized spacial score (nSPS) is 20.4. The van der Waals surface area contributed by atoms with Gasteiger partial charge in [0.1, 0.15) is 0 Å². The van der Waals surface area contributed by atoms with E-state index in [0.717, 1.165) is 25.9 Å². The first-order chi connectivity index (χ1) is 7.39. The molecule has 5 nitrogen and oxygen atoms in total. The molecule has 0 aromatic carbocycles. The molecule has 1 aliphatic rings. The molecular weight excluding hydrogens is 210 g/mol. The third-order valence-corrected chi connectivity index (χ3v) is 2.85. The molecule has 1 saturated heterocycles. The number of carboxylic acid groups (broad SMARTS) is 1. The Morgan fingerprint density at radius 3 is 2.31 bits per heavy atom. The van der Waals surface area contributed by atoms with Crippen molar-refractivity contribution < 1.29 is 19.5 Å². The van der Waals surface area contributed by atoms with E-state index in [1.165, 1.54) is 0 Å². The molecule has 5 heteroatoms. The van der Waals surface area contributed by atoms with E-state index in [0.29, 0.717) is 5.41 Å². The van der Waals surface area contributed by atoms with E-state index in [1.807, 2.05) is 0 Å². The van der Waals surface area contributed by atoms with Gasteiger partial charge >= 0.3 is 11.9 Å². The molecule has 0 aromatic rings. The lowest BCUT2D eigenvalue weighted by Crippen LogP contribution is -2.38. The predicted octanol–water partition coefficient (Wildman–Crippen LogP) is 1.43. The Hall–Kier alpha value is -1.10. The topological polar surface area (TPSA) is 66.8 Å². The molecule has 0 unspecified atom stereocenters. The highest BCUT2D eigenvalue weighted by molar-refractivity contribution is 5.76. The molecule has 1 heterocycles. The van der Waals surface area contributed by atoms with Gasteiger partial charge in [0.15, 0.2) is 0 Å². The van der Waals surface area contributed by atoms with E-state index >= 15 is 0 Å².